The van der Waals surface area contributed by atoms with Crippen molar-refractivity contribution in [2.45, 2.75) is 26.2 Å². The van der Waals surface area contributed by atoms with Crippen LogP contribution in [-0.4, -0.2) is 10.2 Å². The van der Waals surface area contributed by atoms with Crippen LogP contribution in [0.25, 0.3) is 0 Å². The summed E-state index contributed by atoms with van der Waals surface area (Å²) >= 11 is 0. The van der Waals surface area contributed by atoms with Gasteiger partial charge in [-0.3, -0.25) is 0 Å². The highest BCUT2D eigenvalue weighted by atomic mass is 16.3. The molecule has 0 atom stereocenters. The Labute approximate surface area is 144 Å². The van der Waals surface area contributed by atoms with Gasteiger partial charge in [-0.15, -0.1) is 0 Å². The van der Waals surface area contributed by atoms with Crippen molar-refractivity contribution < 1.29 is 10.2 Å². The fourth-order valence-corrected chi connectivity index (χ4v) is 2.46. The van der Waals surface area contributed by atoms with Crippen molar-refractivity contribution in [3.05, 3.63) is 95.6 Å². The second-order valence-electron chi connectivity index (χ2n) is 6.37. The fourth-order valence-electron chi connectivity index (χ4n) is 2.46. The first kappa shape index (κ1) is 17.6. The van der Waals surface area contributed by atoms with Crippen molar-refractivity contribution in [3.8, 4) is 11.5 Å². The Morgan fingerprint density at radius 2 is 0.958 bits per heavy atom. The van der Waals surface area contributed by atoms with Crippen molar-refractivity contribution in [1.29, 1.82) is 0 Å². The minimum absolute atomic E-state index is 0.151. The van der Waals surface area contributed by atoms with Crippen LogP contribution in [0.3, 0.4) is 0 Å². The minimum atomic E-state index is -0.151. The molecule has 2 nitrogen and oxygen atoms in total. The van der Waals surface area contributed by atoms with Crippen LogP contribution < -0.4 is 0 Å². The number of rotatable bonds is 2. The number of phenolic OH excluding ortho intramolecular Hbond substituents is 2. The maximum Gasteiger partial charge on any atom is 0.115 e. The zero-order chi connectivity index (χ0) is 17.6. The van der Waals surface area contributed by atoms with E-state index in [4.69, 9.17) is 0 Å². The molecule has 0 unspecified atom stereocenters. The largest absolute Gasteiger partial charge is 0.508 e. The van der Waals surface area contributed by atoms with Crippen molar-refractivity contribution in [2.24, 2.45) is 0 Å². The van der Waals surface area contributed by atoms with Crippen LogP contribution in [0.15, 0.2) is 78.9 Å². The molecule has 0 aromatic heterocycles. The summed E-state index contributed by atoms with van der Waals surface area (Å²) in [6, 6.07) is 24.7. The lowest BCUT2D eigenvalue weighted by atomic mass is 9.78. The highest BCUT2D eigenvalue weighted by Crippen LogP contribution is 2.32. The van der Waals surface area contributed by atoms with Gasteiger partial charge in [0.05, 0.1) is 0 Å². The third kappa shape index (κ3) is 4.63. The van der Waals surface area contributed by atoms with Crippen LogP contribution in [0.5, 0.6) is 11.5 Å². The molecule has 0 saturated carbocycles. The molecule has 0 bridgehead atoms. The standard InChI is InChI=1S/C15H16O2.C7H8/c1-15(2,11-3-7-13(16)8-4-11)12-5-9-14(17)10-6-12;1-7-5-3-2-4-6-7/h3-10,16-17H,1-2H3;2-6H,1H3. The summed E-state index contributed by atoms with van der Waals surface area (Å²) in [4.78, 5) is 0. The van der Waals surface area contributed by atoms with Gasteiger partial charge in [0.15, 0.2) is 0 Å². The predicted octanol–water partition coefficient (Wildman–Crippen LogP) is 5.42. The van der Waals surface area contributed by atoms with Gasteiger partial charge >= 0.3 is 0 Å². The molecular weight excluding hydrogens is 296 g/mol. The van der Waals surface area contributed by atoms with E-state index in [0.29, 0.717) is 0 Å². The lowest BCUT2D eigenvalue weighted by Crippen LogP contribution is -2.18. The summed E-state index contributed by atoms with van der Waals surface area (Å²) in [6.07, 6.45) is 0. The molecule has 0 saturated heterocycles. The quantitative estimate of drug-likeness (QED) is 0.662. The average Bonchev–Trinajstić information content (AvgIpc) is 2.57. The number of phenols is 2. The van der Waals surface area contributed by atoms with Gasteiger partial charge in [-0.05, 0) is 42.3 Å². The molecule has 3 aromatic rings. The molecule has 0 fully saturated rings. The monoisotopic (exact) mass is 320 g/mol. The van der Waals surface area contributed by atoms with Crippen LogP contribution in [0.1, 0.15) is 30.5 Å². The Morgan fingerprint density at radius 3 is 1.25 bits per heavy atom. The number of hydrogen-bond acceptors (Lipinski definition) is 2. The molecule has 2 heteroatoms. The van der Waals surface area contributed by atoms with E-state index >= 15 is 0 Å². The van der Waals surface area contributed by atoms with Gasteiger partial charge in [-0.25, -0.2) is 0 Å². The summed E-state index contributed by atoms with van der Waals surface area (Å²) in [5, 5.41) is 18.6. The Hall–Kier alpha value is -2.74. The molecule has 0 heterocycles. The molecule has 0 spiro atoms. The van der Waals surface area contributed by atoms with Gasteiger partial charge in [0.2, 0.25) is 0 Å². The fraction of sp³-hybridized carbons (Fsp3) is 0.182. The van der Waals surface area contributed by atoms with Gasteiger partial charge in [-0.2, -0.15) is 0 Å². The van der Waals surface area contributed by atoms with Gasteiger partial charge in [0.25, 0.3) is 0 Å². The molecule has 3 aromatic carbocycles. The van der Waals surface area contributed by atoms with E-state index in [1.807, 2.05) is 42.5 Å². The lowest BCUT2D eigenvalue weighted by molar-refractivity contribution is 0.474. The van der Waals surface area contributed by atoms with Gasteiger partial charge in [0, 0.05) is 5.41 Å². The zero-order valence-corrected chi connectivity index (χ0v) is 14.4. The van der Waals surface area contributed by atoms with Crippen LogP contribution in [0, 0.1) is 6.92 Å². The highest BCUT2D eigenvalue weighted by molar-refractivity contribution is 5.41. The summed E-state index contributed by atoms with van der Waals surface area (Å²) in [5.74, 6) is 0.547. The molecule has 2 N–H and O–H groups in total. The van der Waals surface area contributed by atoms with Crippen LogP contribution in [0.4, 0.5) is 0 Å². The summed E-state index contributed by atoms with van der Waals surface area (Å²) < 4.78 is 0. The normalized spacial score (nSPS) is 10.6. The third-order valence-electron chi connectivity index (χ3n) is 4.12. The minimum Gasteiger partial charge on any atom is -0.508 e. The van der Waals surface area contributed by atoms with Gasteiger partial charge in [-0.1, -0.05) is 74.0 Å². The maximum atomic E-state index is 9.30. The first-order valence-electron chi connectivity index (χ1n) is 8.00. The van der Waals surface area contributed by atoms with Crippen LogP contribution in [0.2, 0.25) is 0 Å². The van der Waals surface area contributed by atoms with Gasteiger partial charge in [0.1, 0.15) is 11.5 Å². The van der Waals surface area contributed by atoms with E-state index in [9.17, 15) is 10.2 Å². The second kappa shape index (κ2) is 7.69. The summed E-state index contributed by atoms with van der Waals surface area (Å²) in [7, 11) is 0. The van der Waals surface area contributed by atoms with Crippen molar-refractivity contribution in [2.75, 3.05) is 0 Å². The lowest BCUT2D eigenvalue weighted by Gasteiger charge is -2.26. The predicted molar refractivity (Wildman–Crippen MR) is 99.5 cm³/mol. The molecule has 0 aliphatic rings. The molecule has 0 aliphatic heterocycles. The molecule has 0 radical (unpaired) electrons. The Kier molecular flexibility index (Phi) is 5.64. The van der Waals surface area contributed by atoms with Crippen molar-refractivity contribution >= 4 is 0 Å². The smallest absolute Gasteiger partial charge is 0.115 e. The van der Waals surface area contributed by atoms with Gasteiger partial charge < -0.3 is 10.2 Å². The van der Waals surface area contributed by atoms with Crippen molar-refractivity contribution in [1.82, 2.24) is 0 Å². The topological polar surface area (TPSA) is 40.5 Å². The highest BCUT2D eigenvalue weighted by Gasteiger charge is 2.22. The first-order valence-corrected chi connectivity index (χ1v) is 8.00. The molecule has 24 heavy (non-hydrogen) atoms. The first-order chi connectivity index (χ1) is 11.4. The number of aromatic hydroxyl groups is 2. The molecule has 0 amide bonds. The van der Waals surface area contributed by atoms with Crippen molar-refractivity contribution in [3.63, 3.8) is 0 Å². The Balaban J connectivity index is 0.000000249. The van der Waals surface area contributed by atoms with E-state index in [2.05, 4.69) is 32.9 Å². The third-order valence-corrected chi connectivity index (χ3v) is 4.12. The van der Waals surface area contributed by atoms with Crippen LogP contribution >= 0.6 is 0 Å². The average molecular weight is 320 g/mol. The number of benzene rings is 3. The molecule has 124 valence electrons. The zero-order valence-electron chi connectivity index (χ0n) is 14.4. The van der Waals surface area contributed by atoms with E-state index in [1.54, 1.807) is 24.3 Å². The Bertz CT molecular complexity index is 695. The molecule has 0 aliphatic carbocycles. The summed E-state index contributed by atoms with van der Waals surface area (Å²) in [5.41, 5.74) is 3.42. The van der Waals surface area contributed by atoms with E-state index < -0.39 is 0 Å². The van der Waals surface area contributed by atoms with E-state index in [-0.39, 0.29) is 16.9 Å². The molecular formula is C22H24O2. The van der Waals surface area contributed by atoms with Crippen LogP contribution in [-0.2, 0) is 5.41 Å². The Morgan fingerprint density at radius 1 is 0.583 bits per heavy atom. The summed E-state index contributed by atoms with van der Waals surface area (Å²) in [6.45, 7) is 6.32. The SMILES string of the molecule is CC(C)(c1ccc(O)cc1)c1ccc(O)cc1.Cc1ccccc1. The number of aryl methyl sites for hydroxylation is 1. The van der Waals surface area contributed by atoms with E-state index in [0.717, 1.165) is 11.1 Å². The molecule has 3 rings (SSSR count). The second-order valence-corrected chi connectivity index (χ2v) is 6.37. The number of hydrogen-bond donors (Lipinski definition) is 2. The van der Waals surface area contributed by atoms with E-state index in [1.165, 1.54) is 5.56 Å². The maximum absolute atomic E-state index is 9.30.